The number of aromatic nitrogens is 3. The van der Waals surface area contributed by atoms with Crippen molar-refractivity contribution in [3.63, 3.8) is 0 Å². The lowest BCUT2D eigenvalue weighted by Gasteiger charge is -2.24. The van der Waals surface area contributed by atoms with Gasteiger partial charge in [0.1, 0.15) is 5.82 Å². The first-order valence-corrected chi connectivity index (χ1v) is 7.87. The molecule has 0 saturated carbocycles. The van der Waals surface area contributed by atoms with Crippen LogP contribution in [0.1, 0.15) is 20.8 Å². The third kappa shape index (κ3) is 3.88. The lowest BCUT2D eigenvalue weighted by Crippen LogP contribution is -2.35. The molecule has 0 aliphatic carbocycles. The Morgan fingerprint density at radius 2 is 1.81 bits per heavy atom. The lowest BCUT2D eigenvalue weighted by atomic mass is 10.1. The topological polar surface area (TPSA) is 74.5 Å². The summed E-state index contributed by atoms with van der Waals surface area (Å²) in [6, 6.07) is 9.97. The second-order valence-corrected chi connectivity index (χ2v) is 6.48. The van der Waals surface area contributed by atoms with Crippen LogP contribution in [0.25, 0.3) is 5.65 Å². The molecule has 0 unspecified atom stereocenters. The molecular weight excluding hydrogens is 347 g/mol. The predicted molar refractivity (Wildman–Crippen MR) is 94.6 cm³/mol. The van der Waals surface area contributed by atoms with E-state index in [0.29, 0.717) is 17.2 Å². The van der Waals surface area contributed by atoms with Gasteiger partial charge in [-0.1, -0.05) is 6.07 Å². The van der Waals surface area contributed by atoms with Crippen molar-refractivity contribution in [1.82, 2.24) is 14.6 Å². The number of pyridine rings is 1. The van der Waals surface area contributed by atoms with Crippen LogP contribution in [0.5, 0.6) is 0 Å². The summed E-state index contributed by atoms with van der Waals surface area (Å²) in [6.45, 7) is 3.60. The van der Waals surface area contributed by atoms with Crippen LogP contribution in [0, 0.1) is 0 Å². The number of alkyl halides is 3. The maximum Gasteiger partial charge on any atom is 0.416 e. The highest BCUT2D eigenvalue weighted by Gasteiger charge is 2.30. The Labute approximate surface area is 149 Å². The maximum atomic E-state index is 12.6. The molecule has 3 N–H and O–H groups in total. The van der Waals surface area contributed by atoms with Gasteiger partial charge in [-0.2, -0.15) is 22.7 Å². The number of hydrogen-bond donors (Lipinski definition) is 3. The van der Waals surface area contributed by atoms with E-state index in [-0.39, 0.29) is 14.0 Å². The van der Waals surface area contributed by atoms with Crippen LogP contribution in [0.15, 0.2) is 42.5 Å². The monoisotopic (exact) mass is 367 g/mol. The largest absolute Gasteiger partial charge is 0.416 e. The van der Waals surface area contributed by atoms with E-state index < -0.39 is 17.3 Å². The Balaban J connectivity index is 0.00000261. The Hall–Kier alpha value is -2.81. The third-order valence-corrected chi connectivity index (χ3v) is 3.69. The highest BCUT2D eigenvalue weighted by Crippen LogP contribution is 2.30. The SMILES string of the molecule is CC(C)(CO)Nc1cccc2nc(Nc3ccc(C(F)(F)F)cc3)nn12.[HH]. The van der Waals surface area contributed by atoms with Gasteiger partial charge in [-0.3, -0.25) is 0 Å². The van der Waals surface area contributed by atoms with E-state index >= 15 is 0 Å². The zero-order valence-corrected chi connectivity index (χ0v) is 14.2. The van der Waals surface area contributed by atoms with E-state index in [0.717, 1.165) is 12.1 Å². The molecule has 0 spiro atoms. The predicted octanol–water partition coefficient (Wildman–Crippen LogP) is 3.92. The normalized spacial score (nSPS) is 12.4. The summed E-state index contributed by atoms with van der Waals surface area (Å²) in [7, 11) is 0. The molecule has 140 valence electrons. The van der Waals surface area contributed by atoms with E-state index in [9.17, 15) is 18.3 Å². The number of aliphatic hydroxyl groups excluding tert-OH is 1. The van der Waals surface area contributed by atoms with E-state index in [4.69, 9.17) is 0 Å². The average molecular weight is 367 g/mol. The van der Waals surface area contributed by atoms with E-state index in [1.807, 2.05) is 13.8 Å². The summed E-state index contributed by atoms with van der Waals surface area (Å²) in [6.07, 6.45) is -4.38. The van der Waals surface area contributed by atoms with Crippen molar-refractivity contribution in [2.45, 2.75) is 25.6 Å². The maximum absolute atomic E-state index is 12.6. The fourth-order valence-corrected chi connectivity index (χ4v) is 2.31. The number of halogens is 3. The van der Waals surface area contributed by atoms with Crippen molar-refractivity contribution >= 4 is 23.1 Å². The van der Waals surface area contributed by atoms with Crippen LogP contribution < -0.4 is 10.6 Å². The molecule has 9 heteroatoms. The number of aliphatic hydroxyl groups is 1. The van der Waals surface area contributed by atoms with Crippen molar-refractivity contribution in [2.24, 2.45) is 0 Å². The molecule has 2 heterocycles. The van der Waals surface area contributed by atoms with E-state index in [2.05, 4.69) is 20.7 Å². The average Bonchev–Trinajstić information content (AvgIpc) is 2.98. The Kier molecular flexibility index (Phi) is 4.49. The smallest absolute Gasteiger partial charge is 0.394 e. The molecule has 0 aliphatic heterocycles. The molecule has 2 aromatic heterocycles. The first-order valence-electron chi connectivity index (χ1n) is 7.87. The summed E-state index contributed by atoms with van der Waals surface area (Å²) in [5.74, 6) is 0.885. The minimum atomic E-state index is -4.38. The Bertz CT molecular complexity index is 909. The van der Waals surface area contributed by atoms with Crippen LogP contribution in [0.4, 0.5) is 30.6 Å². The second kappa shape index (κ2) is 6.49. The molecule has 1 aromatic carbocycles. The minimum Gasteiger partial charge on any atom is -0.394 e. The summed E-state index contributed by atoms with van der Waals surface area (Å²) in [5.41, 5.74) is -0.276. The van der Waals surface area contributed by atoms with Gasteiger partial charge in [-0.25, -0.2) is 0 Å². The first-order chi connectivity index (χ1) is 12.2. The van der Waals surface area contributed by atoms with Crippen LogP contribution in [0.2, 0.25) is 0 Å². The van der Waals surface area contributed by atoms with Crippen LogP contribution in [-0.2, 0) is 6.18 Å². The van der Waals surface area contributed by atoms with Crippen molar-refractivity contribution in [2.75, 3.05) is 17.2 Å². The van der Waals surface area contributed by atoms with E-state index in [1.165, 1.54) is 12.1 Å². The van der Waals surface area contributed by atoms with Gasteiger partial charge in [0.2, 0.25) is 5.95 Å². The number of hydrogen-bond acceptors (Lipinski definition) is 5. The van der Waals surface area contributed by atoms with Gasteiger partial charge in [0.15, 0.2) is 5.65 Å². The Morgan fingerprint density at radius 3 is 2.42 bits per heavy atom. The summed E-state index contributed by atoms with van der Waals surface area (Å²) >= 11 is 0. The number of benzene rings is 1. The molecule has 3 aromatic rings. The number of anilines is 3. The summed E-state index contributed by atoms with van der Waals surface area (Å²) in [4.78, 5) is 4.31. The molecule has 0 amide bonds. The first kappa shape index (κ1) is 18.0. The molecule has 0 saturated heterocycles. The molecule has 26 heavy (non-hydrogen) atoms. The molecular formula is C17H20F3N5O. The Morgan fingerprint density at radius 1 is 1.12 bits per heavy atom. The molecule has 0 atom stereocenters. The van der Waals surface area contributed by atoms with Gasteiger partial charge in [0.25, 0.3) is 0 Å². The molecule has 6 nitrogen and oxygen atoms in total. The van der Waals surface area contributed by atoms with Crippen molar-refractivity contribution in [1.29, 1.82) is 0 Å². The van der Waals surface area contributed by atoms with E-state index in [1.54, 1.807) is 22.7 Å². The molecule has 0 aliphatic rings. The quantitative estimate of drug-likeness (QED) is 0.637. The highest BCUT2D eigenvalue weighted by atomic mass is 19.4. The van der Waals surface area contributed by atoms with Crippen molar-refractivity contribution in [3.8, 4) is 0 Å². The van der Waals surface area contributed by atoms with Gasteiger partial charge in [0.05, 0.1) is 17.7 Å². The number of nitrogens with zero attached hydrogens (tertiary/aromatic N) is 3. The third-order valence-electron chi connectivity index (χ3n) is 3.69. The molecule has 0 fully saturated rings. The number of nitrogens with one attached hydrogen (secondary N) is 2. The fourth-order valence-electron chi connectivity index (χ4n) is 2.31. The summed E-state index contributed by atoms with van der Waals surface area (Å²) < 4.78 is 39.4. The van der Waals surface area contributed by atoms with Gasteiger partial charge in [-0.05, 0) is 50.2 Å². The zero-order valence-electron chi connectivity index (χ0n) is 14.2. The van der Waals surface area contributed by atoms with Gasteiger partial charge in [0, 0.05) is 7.11 Å². The highest BCUT2D eigenvalue weighted by molar-refractivity contribution is 5.58. The van der Waals surface area contributed by atoms with Gasteiger partial charge in [-0.15, -0.1) is 5.10 Å². The van der Waals surface area contributed by atoms with Crippen LogP contribution >= 0.6 is 0 Å². The fraction of sp³-hybridized carbons (Fsp3) is 0.294. The van der Waals surface area contributed by atoms with Gasteiger partial charge >= 0.3 is 6.18 Å². The zero-order chi connectivity index (χ0) is 18.9. The summed E-state index contributed by atoms with van der Waals surface area (Å²) in [5, 5.41) is 19.8. The number of fused-ring (bicyclic) bond motifs is 1. The molecule has 3 rings (SSSR count). The molecule has 0 bridgehead atoms. The van der Waals surface area contributed by atoms with Gasteiger partial charge < -0.3 is 15.7 Å². The van der Waals surface area contributed by atoms with Crippen molar-refractivity contribution < 1.29 is 19.7 Å². The second-order valence-electron chi connectivity index (χ2n) is 6.48. The van der Waals surface area contributed by atoms with Crippen molar-refractivity contribution in [3.05, 3.63) is 48.0 Å². The van der Waals surface area contributed by atoms with Crippen LogP contribution in [0.3, 0.4) is 0 Å². The molecule has 0 radical (unpaired) electrons. The lowest BCUT2D eigenvalue weighted by molar-refractivity contribution is -0.137. The minimum absolute atomic E-state index is 0. The standard InChI is InChI=1S/C17H18F3N5O.H2/c1-16(2,10-26)23-14-5-3-4-13-22-15(24-25(13)14)21-12-8-6-11(7-9-12)17(18,19)20;/h3-9,23,26H,10H2,1-2H3,(H,21,24);1H. The number of rotatable bonds is 5. The van der Waals surface area contributed by atoms with Crippen LogP contribution in [-0.4, -0.2) is 31.9 Å².